The summed E-state index contributed by atoms with van der Waals surface area (Å²) < 4.78 is 19.4. The number of aromatic nitrogens is 1. The predicted molar refractivity (Wildman–Crippen MR) is 204 cm³/mol. The molecule has 0 amide bonds. The number of nitrogens with zero attached hydrogens (tertiary/aromatic N) is 2. The Kier molecular flexibility index (Phi) is 5.60. The smallest absolute Gasteiger partial charge is 0.228 e. The summed E-state index contributed by atoms with van der Waals surface area (Å²) >= 11 is 0. The fourth-order valence-corrected chi connectivity index (χ4v) is 7.52. The van der Waals surface area contributed by atoms with Gasteiger partial charge >= 0.3 is 0 Å². The van der Waals surface area contributed by atoms with E-state index in [2.05, 4.69) is 114 Å². The summed E-state index contributed by atoms with van der Waals surface area (Å²) in [6.45, 7) is 0. The lowest BCUT2D eigenvalue weighted by atomic mass is 10.0. The predicted octanol–water partition coefficient (Wildman–Crippen LogP) is 13.1. The van der Waals surface area contributed by atoms with E-state index in [1.807, 2.05) is 48.5 Å². The van der Waals surface area contributed by atoms with Crippen molar-refractivity contribution in [3.8, 4) is 11.5 Å². The number of furan rings is 2. The van der Waals surface area contributed by atoms with Gasteiger partial charge in [0, 0.05) is 61.7 Å². The molecular formula is C45H26N2O3. The third kappa shape index (κ3) is 4.04. The molecule has 0 N–H and O–H groups in total. The molecule has 0 saturated heterocycles. The average Bonchev–Trinajstić information content (AvgIpc) is 3.88. The van der Waals surface area contributed by atoms with Crippen LogP contribution in [0, 0.1) is 0 Å². The summed E-state index contributed by atoms with van der Waals surface area (Å²) in [6, 6.07) is 54.5. The van der Waals surface area contributed by atoms with Crippen LogP contribution in [-0.4, -0.2) is 4.98 Å². The van der Waals surface area contributed by atoms with Crippen LogP contribution in [0.3, 0.4) is 0 Å². The summed E-state index contributed by atoms with van der Waals surface area (Å²) in [7, 11) is 0. The number of oxazole rings is 1. The number of para-hydroxylation sites is 1. The first-order valence-electron chi connectivity index (χ1n) is 16.7. The Morgan fingerprint density at radius 2 is 1.02 bits per heavy atom. The third-order valence-electron chi connectivity index (χ3n) is 9.86. The summed E-state index contributed by atoms with van der Waals surface area (Å²) in [4.78, 5) is 7.20. The number of rotatable bonds is 4. The van der Waals surface area contributed by atoms with Gasteiger partial charge in [-0.05, 0) is 76.8 Å². The van der Waals surface area contributed by atoms with Gasteiger partial charge in [0.1, 0.15) is 27.8 Å². The van der Waals surface area contributed by atoms with Crippen molar-refractivity contribution in [1.82, 2.24) is 4.98 Å². The van der Waals surface area contributed by atoms with E-state index in [-0.39, 0.29) is 0 Å². The van der Waals surface area contributed by atoms with Gasteiger partial charge in [0.25, 0.3) is 0 Å². The molecule has 0 unspecified atom stereocenters. The Morgan fingerprint density at radius 3 is 1.90 bits per heavy atom. The maximum atomic E-state index is 6.59. The molecule has 0 aliphatic carbocycles. The number of benzene rings is 8. The first kappa shape index (κ1) is 27.1. The van der Waals surface area contributed by atoms with Crippen LogP contribution in [0.15, 0.2) is 171 Å². The lowest BCUT2D eigenvalue weighted by Gasteiger charge is -2.25. The zero-order chi connectivity index (χ0) is 32.8. The van der Waals surface area contributed by atoms with Crippen LogP contribution in [0.5, 0.6) is 0 Å². The summed E-state index contributed by atoms with van der Waals surface area (Å²) in [6.07, 6.45) is 0. The van der Waals surface area contributed by atoms with Crippen LogP contribution in [0.1, 0.15) is 0 Å². The summed E-state index contributed by atoms with van der Waals surface area (Å²) in [5.41, 5.74) is 8.79. The molecule has 0 aliphatic rings. The third-order valence-corrected chi connectivity index (χ3v) is 9.86. The molecule has 0 fully saturated rings. The van der Waals surface area contributed by atoms with E-state index in [0.717, 1.165) is 88.4 Å². The fraction of sp³-hybridized carbons (Fsp3) is 0. The minimum Gasteiger partial charge on any atom is -0.456 e. The van der Waals surface area contributed by atoms with Crippen molar-refractivity contribution >= 4 is 93.6 Å². The van der Waals surface area contributed by atoms with Crippen LogP contribution in [0.25, 0.3) is 88.0 Å². The van der Waals surface area contributed by atoms with E-state index in [9.17, 15) is 0 Å². The first-order valence-corrected chi connectivity index (χ1v) is 16.7. The zero-order valence-electron chi connectivity index (χ0n) is 26.6. The molecule has 0 aliphatic heterocycles. The van der Waals surface area contributed by atoms with Crippen molar-refractivity contribution in [2.24, 2.45) is 0 Å². The van der Waals surface area contributed by atoms with Crippen molar-refractivity contribution in [2.75, 3.05) is 4.90 Å². The topological polar surface area (TPSA) is 55.6 Å². The molecule has 0 atom stereocenters. The Morgan fingerprint density at radius 1 is 0.400 bits per heavy atom. The second kappa shape index (κ2) is 10.3. The van der Waals surface area contributed by atoms with Gasteiger partial charge in [-0.2, -0.15) is 0 Å². The second-order valence-corrected chi connectivity index (χ2v) is 12.8. The van der Waals surface area contributed by atoms with Gasteiger partial charge in [0.2, 0.25) is 5.89 Å². The highest BCUT2D eigenvalue weighted by molar-refractivity contribution is 6.13. The van der Waals surface area contributed by atoms with Gasteiger partial charge in [-0.15, -0.1) is 0 Å². The molecule has 5 heteroatoms. The van der Waals surface area contributed by atoms with Crippen LogP contribution < -0.4 is 4.90 Å². The Balaban J connectivity index is 1.10. The van der Waals surface area contributed by atoms with Crippen LogP contribution in [0.2, 0.25) is 0 Å². The second-order valence-electron chi connectivity index (χ2n) is 12.8. The lowest BCUT2D eigenvalue weighted by molar-refractivity contribution is 0.623. The molecule has 8 aromatic carbocycles. The highest BCUT2D eigenvalue weighted by Crippen LogP contribution is 2.43. The highest BCUT2D eigenvalue weighted by Gasteiger charge is 2.21. The molecule has 3 aromatic heterocycles. The SMILES string of the molecule is c1ccc2cc(N(c3ccc4c(c3)oc3ccccc34)c3ccc4c(c3)oc3cccc(-c5nc6ccc7ccccc7c6o5)c34)ccc2c1. The summed E-state index contributed by atoms with van der Waals surface area (Å²) in [5, 5.41) is 8.71. The summed E-state index contributed by atoms with van der Waals surface area (Å²) in [5.74, 6) is 0.575. The molecule has 234 valence electrons. The van der Waals surface area contributed by atoms with Gasteiger partial charge in [0.05, 0.1) is 0 Å². The van der Waals surface area contributed by atoms with Gasteiger partial charge in [-0.25, -0.2) is 4.98 Å². The number of hydrogen-bond donors (Lipinski definition) is 0. The molecule has 3 heterocycles. The van der Waals surface area contributed by atoms with Gasteiger partial charge < -0.3 is 18.2 Å². The van der Waals surface area contributed by atoms with Crippen molar-refractivity contribution < 1.29 is 13.3 Å². The van der Waals surface area contributed by atoms with E-state index in [1.165, 1.54) is 10.8 Å². The van der Waals surface area contributed by atoms with Crippen molar-refractivity contribution in [1.29, 1.82) is 0 Å². The van der Waals surface area contributed by atoms with Crippen molar-refractivity contribution in [3.05, 3.63) is 158 Å². The Bertz CT molecular complexity index is 3130. The minimum absolute atomic E-state index is 0.575. The molecule has 5 nitrogen and oxygen atoms in total. The standard InChI is InChI=1S/C45H26N2O3/c1-2-10-29-24-30(18-16-27(29)8-1)47(31-19-21-35-34-12-5-6-14-39(34)48-41(35)25-31)32-20-22-36-42(26-32)49-40-15-7-13-37(43(36)40)45-46-38-23-17-28-9-3-4-11-33(28)44(38)50-45/h1-26H. The quantitative estimate of drug-likeness (QED) is 0.191. The number of fused-ring (bicyclic) bond motifs is 10. The monoisotopic (exact) mass is 642 g/mol. The zero-order valence-corrected chi connectivity index (χ0v) is 26.6. The normalized spacial score (nSPS) is 12.0. The molecule has 0 spiro atoms. The van der Waals surface area contributed by atoms with E-state index in [4.69, 9.17) is 18.2 Å². The molecule has 11 aromatic rings. The fourth-order valence-electron chi connectivity index (χ4n) is 7.52. The Labute approximate surface area is 285 Å². The Hall–Kier alpha value is -6.85. The van der Waals surface area contributed by atoms with Crippen molar-refractivity contribution in [2.45, 2.75) is 0 Å². The largest absolute Gasteiger partial charge is 0.456 e. The van der Waals surface area contributed by atoms with Crippen molar-refractivity contribution in [3.63, 3.8) is 0 Å². The number of hydrogen-bond acceptors (Lipinski definition) is 5. The van der Waals surface area contributed by atoms with Crippen LogP contribution >= 0.6 is 0 Å². The molecule has 50 heavy (non-hydrogen) atoms. The van der Waals surface area contributed by atoms with Gasteiger partial charge in [0.15, 0.2) is 5.58 Å². The molecule has 0 saturated carbocycles. The minimum atomic E-state index is 0.575. The van der Waals surface area contributed by atoms with E-state index < -0.39 is 0 Å². The molecule has 0 bridgehead atoms. The van der Waals surface area contributed by atoms with E-state index >= 15 is 0 Å². The van der Waals surface area contributed by atoms with Crippen LogP contribution in [-0.2, 0) is 0 Å². The first-order chi connectivity index (χ1) is 24.7. The highest BCUT2D eigenvalue weighted by atomic mass is 16.4. The molecule has 11 rings (SSSR count). The maximum absolute atomic E-state index is 6.59. The molecular weight excluding hydrogens is 617 g/mol. The van der Waals surface area contributed by atoms with E-state index in [1.54, 1.807) is 0 Å². The lowest BCUT2D eigenvalue weighted by Crippen LogP contribution is -2.09. The average molecular weight is 643 g/mol. The van der Waals surface area contributed by atoms with E-state index in [0.29, 0.717) is 5.89 Å². The number of anilines is 3. The van der Waals surface area contributed by atoms with Gasteiger partial charge in [-0.3, -0.25) is 0 Å². The maximum Gasteiger partial charge on any atom is 0.228 e. The van der Waals surface area contributed by atoms with Crippen LogP contribution in [0.4, 0.5) is 17.1 Å². The van der Waals surface area contributed by atoms with Gasteiger partial charge in [-0.1, -0.05) is 84.9 Å². The molecule has 0 radical (unpaired) electrons.